The number of amides is 1. The number of aromatic nitrogens is 4. The van der Waals surface area contributed by atoms with Crippen LogP contribution in [0, 0.1) is 0 Å². The molecule has 3 aromatic heterocycles. The Kier molecular flexibility index (Phi) is 7.98. The van der Waals surface area contributed by atoms with Crippen LogP contribution in [0.5, 0.6) is 11.5 Å². The maximum atomic E-state index is 13.7. The zero-order valence-corrected chi connectivity index (χ0v) is 25.8. The van der Waals surface area contributed by atoms with Crippen molar-refractivity contribution in [3.05, 3.63) is 87.0 Å². The van der Waals surface area contributed by atoms with Gasteiger partial charge >= 0.3 is 0 Å². The molecule has 0 spiro atoms. The van der Waals surface area contributed by atoms with Gasteiger partial charge in [0.1, 0.15) is 5.39 Å². The Balaban J connectivity index is 1.29. The number of sulfonamides is 1. The molecule has 0 unspecified atom stereocenters. The number of hydrogen-bond donors (Lipinski definition) is 2. The number of primary sulfonamides is 1. The Morgan fingerprint density at radius 2 is 1.93 bits per heavy atom. The largest absolute Gasteiger partial charge is 0.493 e. The number of nitrogens with zero attached hydrogens (tertiary/aromatic N) is 5. The standard InChI is InChI=1S/C28H25N7O6S3/c1-40-22-6-3-5-18(25(22)41-2)21-13-20(23-7-4-12-42-23)33-35(21)24(36)15-43-28-31-26-19(27(37)32-28)14-30-34(26)16-8-10-17(11-9-16)44(29,38)39/h3-12,14,21H,13,15H2,1-2H3,(H2,29,38,39)(H,31,32,37)/t21-/m1/s1. The van der Waals surface area contributed by atoms with Crippen LogP contribution < -0.4 is 20.2 Å². The number of benzene rings is 2. The molecule has 5 aromatic rings. The van der Waals surface area contributed by atoms with Gasteiger partial charge in [-0.05, 0) is 41.8 Å². The van der Waals surface area contributed by atoms with Gasteiger partial charge in [0.2, 0.25) is 10.0 Å². The van der Waals surface area contributed by atoms with E-state index in [-0.39, 0.29) is 32.7 Å². The summed E-state index contributed by atoms with van der Waals surface area (Å²) in [4.78, 5) is 34.7. The molecule has 1 amide bonds. The lowest BCUT2D eigenvalue weighted by Crippen LogP contribution is -2.29. The average molecular weight is 652 g/mol. The third-order valence-corrected chi connectivity index (χ3v) is 9.63. The molecule has 1 atom stereocenters. The van der Waals surface area contributed by atoms with Crippen LogP contribution in [0.1, 0.15) is 22.9 Å². The van der Waals surface area contributed by atoms with Crippen molar-refractivity contribution >= 4 is 55.8 Å². The van der Waals surface area contributed by atoms with Crippen LogP contribution in [0.25, 0.3) is 16.7 Å². The van der Waals surface area contributed by atoms with Crippen LogP contribution in [0.4, 0.5) is 0 Å². The number of nitrogens with two attached hydrogens (primary N) is 1. The summed E-state index contributed by atoms with van der Waals surface area (Å²) in [5, 5.41) is 18.0. The van der Waals surface area contributed by atoms with E-state index < -0.39 is 21.6 Å². The molecular formula is C28H25N7O6S3. The summed E-state index contributed by atoms with van der Waals surface area (Å²) in [6, 6.07) is 14.7. The Labute approximate surface area is 259 Å². The second-order valence-electron chi connectivity index (χ2n) is 9.56. The van der Waals surface area contributed by atoms with Crippen LogP contribution in [0.2, 0.25) is 0 Å². The Morgan fingerprint density at radius 3 is 2.61 bits per heavy atom. The van der Waals surface area contributed by atoms with Crippen LogP contribution in [-0.4, -0.2) is 64.8 Å². The van der Waals surface area contributed by atoms with E-state index in [9.17, 15) is 18.0 Å². The quantitative estimate of drug-likeness (QED) is 0.179. The summed E-state index contributed by atoms with van der Waals surface area (Å²) in [5.74, 6) is 0.693. The van der Waals surface area contributed by atoms with E-state index >= 15 is 0 Å². The van der Waals surface area contributed by atoms with Gasteiger partial charge in [-0.25, -0.2) is 28.2 Å². The minimum absolute atomic E-state index is 0.0602. The highest BCUT2D eigenvalue weighted by molar-refractivity contribution is 7.99. The van der Waals surface area contributed by atoms with Crippen LogP contribution in [0.3, 0.4) is 0 Å². The first-order chi connectivity index (χ1) is 21.2. The SMILES string of the molecule is COc1cccc([C@H]2CC(c3cccs3)=NN2C(=O)CSc2nc3c(cnn3-c3ccc(S(N)(=O)=O)cc3)c(=O)[nH]2)c1OC. The second kappa shape index (κ2) is 11.9. The van der Waals surface area contributed by atoms with Crippen molar-refractivity contribution in [2.75, 3.05) is 20.0 Å². The average Bonchev–Trinajstić information content (AvgIpc) is 3.79. The van der Waals surface area contributed by atoms with Gasteiger partial charge in [-0.1, -0.05) is 30.0 Å². The lowest BCUT2D eigenvalue weighted by Gasteiger charge is -2.24. The maximum Gasteiger partial charge on any atom is 0.262 e. The van der Waals surface area contributed by atoms with Gasteiger partial charge in [0, 0.05) is 12.0 Å². The number of rotatable bonds is 9. The smallest absolute Gasteiger partial charge is 0.262 e. The number of hydrogen-bond acceptors (Lipinski definition) is 11. The van der Waals surface area contributed by atoms with Crippen molar-refractivity contribution in [3.8, 4) is 17.2 Å². The van der Waals surface area contributed by atoms with Gasteiger partial charge in [0.15, 0.2) is 22.3 Å². The van der Waals surface area contributed by atoms with Crippen molar-refractivity contribution in [2.45, 2.75) is 22.5 Å². The zero-order valence-electron chi connectivity index (χ0n) is 23.3. The second-order valence-corrected chi connectivity index (χ2v) is 13.0. The number of thiophene rings is 1. The molecule has 0 aliphatic carbocycles. The minimum atomic E-state index is -3.87. The summed E-state index contributed by atoms with van der Waals surface area (Å²) in [5.41, 5.74) is 1.81. The summed E-state index contributed by atoms with van der Waals surface area (Å²) in [6.45, 7) is 0. The van der Waals surface area contributed by atoms with E-state index in [1.807, 2.05) is 29.6 Å². The van der Waals surface area contributed by atoms with E-state index in [2.05, 4.69) is 15.1 Å². The Bertz CT molecular complexity index is 2060. The highest BCUT2D eigenvalue weighted by Crippen LogP contribution is 2.42. The monoisotopic (exact) mass is 651 g/mol. The third-order valence-electron chi connectivity index (χ3n) is 6.92. The molecule has 1 aliphatic heterocycles. The van der Waals surface area contributed by atoms with Gasteiger partial charge < -0.3 is 14.5 Å². The number of carbonyl (C=O) groups is 1. The molecule has 1 aliphatic rings. The number of H-pyrrole nitrogens is 1. The first kappa shape index (κ1) is 29.6. The number of aromatic amines is 1. The fourth-order valence-electron chi connectivity index (χ4n) is 4.88. The topological polar surface area (TPSA) is 175 Å². The molecule has 16 heteroatoms. The van der Waals surface area contributed by atoms with Gasteiger partial charge in [-0.3, -0.25) is 9.59 Å². The van der Waals surface area contributed by atoms with E-state index in [4.69, 9.17) is 19.7 Å². The predicted octanol–water partition coefficient (Wildman–Crippen LogP) is 3.30. The predicted molar refractivity (Wildman–Crippen MR) is 166 cm³/mol. The van der Waals surface area contributed by atoms with E-state index in [0.29, 0.717) is 23.6 Å². The van der Waals surface area contributed by atoms with Crippen LogP contribution >= 0.6 is 23.1 Å². The number of hydrazone groups is 1. The van der Waals surface area contributed by atoms with Gasteiger partial charge in [-0.2, -0.15) is 10.2 Å². The van der Waals surface area contributed by atoms with Gasteiger partial charge in [0.05, 0.1) is 53.4 Å². The molecule has 6 rings (SSSR count). The maximum absolute atomic E-state index is 13.7. The normalized spacial score (nSPS) is 15.0. The molecular weight excluding hydrogens is 627 g/mol. The molecule has 2 aromatic carbocycles. The van der Waals surface area contributed by atoms with Crippen molar-refractivity contribution in [1.82, 2.24) is 24.8 Å². The lowest BCUT2D eigenvalue weighted by atomic mass is 9.99. The van der Waals surface area contributed by atoms with Crippen LogP contribution in [-0.2, 0) is 14.8 Å². The van der Waals surface area contributed by atoms with Crippen molar-refractivity contribution in [2.24, 2.45) is 10.2 Å². The molecule has 0 saturated carbocycles. The molecule has 4 heterocycles. The van der Waals surface area contributed by atoms with E-state index in [0.717, 1.165) is 27.9 Å². The number of carbonyl (C=O) groups excluding carboxylic acids is 1. The highest BCUT2D eigenvalue weighted by Gasteiger charge is 2.36. The first-order valence-electron chi connectivity index (χ1n) is 13.1. The van der Waals surface area contributed by atoms with Gasteiger partial charge in [-0.15, -0.1) is 11.3 Å². The number of methoxy groups -OCH3 is 2. The van der Waals surface area contributed by atoms with Crippen molar-refractivity contribution in [3.63, 3.8) is 0 Å². The highest BCUT2D eigenvalue weighted by atomic mass is 32.2. The fraction of sp³-hybridized carbons (Fsp3) is 0.179. The lowest BCUT2D eigenvalue weighted by molar-refractivity contribution is -0.130. The fourth-order valence-corrected chi connectivity index (χ4v) is 6.82. The number of thioether (sulfide) groups is 1. The summed E-state index contributed by atoms with van der Waals surface area (Å²) in [7, 11) is -0.767. The molecule has 44 heavy (non-hydrogen) atoms. The molecule has 226 valence electrons. The molecule has 13 nitrogen and oxygen atoms in total. The first-order valence-corrected chi connectivity index (χ1v) is 16.5. The van der Waals surface area contributed by atoms with Crippen molar-refractivity contribution in [1.29, 1.82) is 0 Å². The summed E-state index contributed by atoms with van der Waals surface area (Å²) < 4.78 is 35.8. The summed E-state index contributed by atoms with van der Waals surface area (Å²) >= 11 is 2.59. The minimum Gasteiger partial charge on any atom is -0.493 e. The Morgan fingerprint density at radius 1 is 1.14 bits per heavy atom. The third kappa shape index (κ3) is 5.59. The van der Waals surface area contributed by atoms with Gasteiger partial charge in [0.25, 0.3) is 11.5 Å². The molecule has 0 radical (unpaired) electrons. The number of nitrogens with one attached hydrogen (secondary N) is 1. The molecule has 0 bridgehead atoms. The molecule has 3 N–H and O–H groups in total. The molecule has 0 fully saturated rings. The summed E-state index contributed by atoms with van der Waals surface area (Å²) in [6.07, 6.45) is 1.84. The zero-order chi connectivity index (χ0) is 31.0. The number of fused-ring (bicyclic) bond motifs is 1. The van der Waals surface area contributed by atoms with E-state index in [1.54, 1.807) is 31.6 Å². The molecule has 0 saturated heterocycles. The van der Waals surface area contributed by atoms with E-state index in [1.165, 1.54) is 40.2 Å². The van der Waals surface area contributed by atoms with Crippen molar-refractivity contribution < 1.29 is 22.7 Å². The Hall–Kier alpha value is -4.51. The number of ether oxygens (including phenoxy) is 2. The number of para-hydroxylation sites is 1. The van der Waals surface area contributed by atoms with Crippen LogP contribution in [0.15, 0.2) is 86.1 Å².